The number of rotatable bonds is 4. The molecule has 29 heavy (non-hydrogen) atoms. The molecule has 0 amide bonds. The number of aryl methyl sites for hydroxylation is 1. The Kier molecular flexibility index (Phi) is 5.66. The van der Waals surface area contributed by atoms with Crippen LogP contribution in [0.1, 0.15) is 11.3 Å². The second kappa shape index (κ2) is 7.74. The number of nitrogens with zero attached hydrogens (tertiary/aromatic N) is 2. The first-order valence-electron chi connectivity index (χ1n) is 8.18. The van der Waals surface area contributed by atoms with Crippen LogP contribution in [0.2, 0.25) is 0 Å². The molecule has 0 aliphatic rings. The Hall–Kier alpha value is -2.49. The monoisotopic (exact) mass is 434 g/mol. The maximum absolute atomic E-state index is 14.2. The van der Waals surface area contributed by atoms with Gasteiger partial charge in [0.05, 0.1) is 11.4 Å². The molecule has 0 aliphatic carbocycles. The molecule has 3 aromatic rings. The molecule has 1 heterocycles. The van der Waals surface area contributed by atoms with E-state index in [1.165, 1.54) is 36.4 Å². The Labute approximate surface area is 165 Å². The van der Waals surface area contributed by atoms with Crippen molar-refractivity contribution in [2.24, 2.45) is 0 Å². The highest BCUT2D eigenvalue weighted by molar-refractivity contribution is 7.99. The van der Waals surface area contributed by atoms with E-state index in [1.54, 1.807) is 6.92 Å². The van der Waals surface area contributed by atoms with Crippen molar-refractivity contribution in [1.29, 1.82) is 0 Å². The first-order valence-corrected chi connectivity index (χ1v) is 9.17. The summed E-state index contributed by atoms with van der Waals surface area (Å²) in [6.07, 6.45) is -9.17. The summed E-state index contributed by atoms with van der Waals surface area (Å²) in [5.74, 6) is -1.93. The van der Waals surface area contributed by atoms with Crippen LogP contribution in [-0.4, -0.2) is 21.7 Å². The van der Waals surface area contributed by atoms with E-state index in [2.05, 4.69) is 5.10 Å². The van der Waals surface area contributed by atoms with E-state index in [1.807, 2.05) is 0 Å². The lowest BCUT2D eigenvalue weighted by molar-refractivity contribution is -0.141. The second-order valence-corrected chi connectivity index (χ2v) is 7.18. The maximum Gasteiger partial charge on any atom is 0.435 e. The molecule has 2 nitrogen and oxygen atoms in total. The largest absolute Gasteiger partial charge is 0.435 e. The number of hydrogen-bond donors (Lipinski definition) is 0. The van der Waals surface area contributed by atoms with E-state index in [0.29, 0.717) is 17.3 Å². The van der Waals surface area contributed by atoms with Crippen LogP contribution in [0.25, 0.3) is 16.9 Å². The topological polar surface area (TPSA) is 17.8 Å². The molecular weight excluding hydrogens is 421 g/mol. The first-order chi connectivity index (χ1) is 13.5. The highest BCUT2D eigenvalue weighted by Crippen LogP contribution is 2.36. The quantitative estimate of drug-likeness (QED) is 0.338. The third-order valence-electron chi connectivity index (χ3n) is 3.96. The minimum atomic E-state index is -4.77. The Morgan fingerprint density at radius 3 is 2.28 bits per heavy atom. The van der Waals surface area contributed by atoms with Gasteiger partial charge < -0.3 is 0 Å². The Bertz CT molecular complexity index is 1020. The molecule has 0 unspecified atom stereocenters. The molecule has 0 saturated carbocycles. The number of para-hydroxylation sites is 1. The van der Waals surface area contributed by atoms with Gasteiger partial charge in [-0.15, -0.1) is 11.8 Å². The fourth-order valence-corrected chi connectivity index (χ4v) is 3.43. The van der Waals surface area contributed by atoms with Gasteiger partial charge in [-0.1, -0.05) is 24.3 Å². The van der Waals surface area contributed by atoms with Crippen LogP contribution in [0.4, 0.5) is 30.7 Å². The van der Waals surface area contributed by atoms with Crippen LogP contribution in [0.5, 0.6) is 0 Å². The molecule has 0 spiro atoms. The molecule has 1 aromatic heterocycles. The van der Waals surface area contributed by atoms with Crippen molar-refractivity contribution in [3.63, 3.8) is 0 Å². The molecule has 0 radical (unpaired) electrons. The maximum atomic E-state index is 14.2. The van der Waals surface area contributed by atoms with Crippen LogP contribution in [0.15, 0.2) is 53.4 Å². The summed E-state index contributed by atoms with van der Waals surface area (Å²) < 4.78 is 92.3. The van der Waals surface area contributed by atoms with Gasteiger partial charge in [0.25, 0.3) is 0 Å². The lowest BCUT2D eigenvalue weighted by Crippen LogP contribution is -2.10. The number of alkyl halides is 6. The SMILES string of the molecule is Cc1ccc(-c2cc(C(F)(F)F)nn2-c2ccccc2F)cc1SCC(F)(F)F. The fourth-order valence-electron chi connectivity index (χ4n) is 2.61. The number of thioether (sulfide) groups is 1. The van der Waals surface area contributed by atoms with Crippen LogP contribution in [0, 0.1) is 12.7 Å². The van der Waals surface area contributed by atoms with Gasteiger partial charge in [0.2, 0.25) is 0 Å². The Morgan fingerprint density at radius 1 is 0.966 bits per heavy atom. The highest BCUT2D eigenvalue weighted by atomic mass is 32.2. The van der Waals surface area contributed by atoms with Crippen molar-refractivity contribution < 1.29 is 30.7 Å². The van der Waals surface area contributed by atoms with E-state index in [-0.39, 0.29) is 21.8 Å². The van der Waals surface area contributed by atoms with E-state index < -0.39 is 29.6 Å². The van der Waals surface area contributed by atoms with Crippen LogP contribution < -0.4 is 0 Å². The molecule has 10 heteroatoms. The van der Waals surface area contributed by atoms with Gasteiger partial charge in [0.1, 0.15) is 11.5 Å². The molecule has 2 aromatic carbocycles. The van der Waals surface area contributed by atoms with E-state index in [9.17, 15) is 30.7 Å². The molecule has 0 aliphatic heterocycles. The van der Waals surface area contributed by atoms with Crippen LogP contribution in [0.3, 0.4) is 0 Å². The number of benzene rings is 2. The molecule has 0 bridgehead atoms. The highest BCUT2D eigenvalue weighted by Gasteiger charge is 2.35. The van der Waals surface area contributed by atoms with Gasteiger partial charge in [-0.2, -0.15) is 31.4 Å². The first kappa shape index (κ1) is 21.2. The van der Waals surface area contributed by atoms with Crippen molar-refractivity contribution in [1.82, 2.24) is 9.78 Å². The number of halogens is 7. The molecule has 0 N–H and O–H groups in total. The van der Waals surface area contributed by atoms with E-state index in [4.69, 9.17) is 0 Å². The van der Waals surface area contributed by atoms with Crippen LogP contribution >= 0.6 is 11.8 Å². The zero-order chi connectivity index (χ0) is 21.4. The van der Waals surface area contributed by atoms with E-state index in [0.717, 1.165) is 16.8 Å². The van der Waals surface area contributed by atoms with Gasteiger partial charge in [0.15, 0.2) is 5.69 Å². The molecule has 0 fully saturated rings. The zero-order valence-corrected chi connectivity index (χ0v) is 15.6. The predicted octanol–water partition coefficient (Wildman–Crippen LogP) is 6.66. The van der Waals surface area contributed by atoms with Gasteiger partial charge in [0, 0.05) is 10.5 Å². The third-order valence-corrected chi connectivity index (χ3v) is 5.18. The van der Waals surface area contributed by atoms with Gasteiger partial charge in [-0.3, -0.25) is 0 Å². The lowest BCUT2D eigenvalue weighted by Gasteiger charge is -2.12. The fraction of sp³-hybridized carbons (Fsp3) is 0.211. The molecule has 0 saturated heterocycles. The summed E-state index contributed by atoms with van der Waals surface area (Å²) in [5.41, 5.74) is -0.803. The molecule has 0 atom stereocenters. The smallest absolute Gasteiger partial charge is 0.230 e. The van der Waals surface area contributed by atoms with Gasteiger partial charge in [-0.25, -0.2) is 9.07 Å². The molecule has 3 rings (SSSR count). The minimum absolute atomic E-state index is 0.0868. The van der Waals surface area contributed by atoms with Crippen molar-refractivity contribution in [3.8, 4) is 16.9 Å². The normalized spacial score (nSPS) is 12.4. The van der Waals surface area contributed by atoms with Crippen molar-refractivity contribution in [3.05, 3.63) is 65.6 Å². The zero-order valence-electron chi connectivity index (χ0n) is 14.8. The van der Waals surface area contributed by atoms with E-state index >= 15 is 0 Å². The van der Waals surface area contributed by atoms with Gasteiger partial charge >= 0.3 is 12.4 Å². The van der Waals surface area contributed by atoms with Crippen molar-refractivity contribution >= 4 is 11.8 Å². The van der Waals surface area contributed by atoms with Crippen molar-refractivity contribution in [2.75, 3.05) is 5.75 Å². The second-order valence-electron chi connectivity index (χ2n) is 6.16. The number of hydrogen-bond acceptors (Lipinski definition) is 2. The minimum Gasteiger partial charge on any atom is -0.230 e. The summed E-state index contributed by atoms with van der Waals surface area (Å²) in [6, 6.07) is 10.2. The van der Waals surface area contributed by atoms with Crippen molar-refractivity contribution in [2.45, 2.75) is 24.2 Å². The molecular formula is C19H13F7N2S. The lowest BCUT2D eigenvalue weighted by atomic mass is 10.1. The Balaban J connectivity index is 2.13. The summed E-state index contributed by atoms with van der Waals surface area (Å²) in [5, 5.41) is 3.49. The van der Waals surface area contributed by atoms with Gasteiger partial charge in [-0.05, 0) is 36.8 Å². The Morgan fingerprint density at radius 2 is 1.66 bits per heavy atom. The average Bonchev–Trinajstić information content (AvgIpc) is 3.06. The summed E-state index contributed by atoms with van der Waals surface area (Å²) in [7, 11) is 0. The standard InChI is InChI=1S/C19H13F7N2S/c1-11-6-7-12(8-16(11)29-10-18(21,22)23)15-9-17(19(24,25)26)27-28(15)14-5-3-2-4-13(14)20/h2-9H,10H2,1H3. The summed E-state index contributed by atoms with van der Waals surface area (Å²) >= 11 is 0.529. The predicted molar refractivity (Wildman–Crippen MR) is 95.5 cm³/mol. The average molecular weight is 434 g/mol. The summed E-state index contributed by atoms with van der Waals surface area (Å²) in [4.78, 5) is 0.259. The molecule has 154 valence electrons. The summed E-state index contributed by atoms with van der Waals surface area (Å²) in [6.45, 7) is 1.60. The third kappa shape index (κ3) is 4.92. The number of aromatic nitrogens is 2. The van der Waals surface area contributed by atoms with Crippen LogP contribution in [-0.2, 0) is 6.18 Å².